The molecule has 0 saturated carbocycles. The van der Waals surface area contributed by atoms with Crippen molar-refractivity contribution in [2.75, 3.05) is 5.32 Å². The van der Waals surface area contributed by atoms with E-state index in [9.17, 15) is 0 Å². The zero-order valence-corrected chi connectivity index (χ0v) is 18.7. The number of hydrogen-bond donors (Lipinski definition) is 4. The minimum absolute atomic E-state index is 0.0738. The van der Waals surface area contributed by atoms with E-state index in [0.717, 1.165) is 36.0 Å². The van der Waals surface area contributed by atoms with Gasteiger partial charge in [-0.25, -0.2) is 9.97 Å². The van der Waals surface area contributed by atoms with Crippen LogP contribution in [0.5, 0.6) is 0 Å². The van der Waals surface area contributed by atoms with Gasteiger partial charge in [0.15, 0.2) is 0 Å². The van der Waals surface area contributed by atoms with Gasteiger partial charge < -0.3 is 21.4 Å². The number of nitrogens with zero attached hydrogens (tertiary/aromatic N) is 2. The van der Waals surface area contributed by atoms with E-state index in [4.69, 9.17) is 10.7 Å². The van der Waals surface area contributed by atoms with E-state index in [2.05, 4.69) is 66.5 Å². The lowest BCUT2D eigenvalue weighted by Gasteiger charge is -2.46. The number of rotatable bonds is 5. The van der Waals surface area contributed by atoms with Gasteiger partial charge in [-0.2, -0.15) is 0 Å². The highest BCUT2D eigenvalue weighted by Crippen LogP contribution is 2.32. The van der Waals surface area contributed by atoms with E-state index in [1.165, 1.54) is 10.9 Å². The van der Waals surface area contributed by atoms with Gasteiger partial charge >= 0.3 is 0 Å². The number of aromatic amines is 1. The Balaban J connectivity index is 1.61. The lowest BCUT2D eigenvalue weighted by Crippen LogP contribution is -2.60. The molecule has 3 heterocycles. The van der Waals surface area contributed by atoms with Crippen LogP contribution in [0, 0.1) is 0 Å². The average Bonchev–Trinajstić information content (AvgIpc) is 3.04. The number of para-hydroxylation sites is 1. The molecule has 0 bridgehead atoms. The first-order valence-electron chi connectivity index (χ1n) is 10.9. The normalized spacial score (nSPS) is 19.7. The summed E-state index contributed by atoms with van der Waals surface area (Å²) in [6.07, 6.45) is 6.77. The number of hydrogen-bond acceptors (Lipinski definition) is 5. The van der Waals surface area contributed by atoms with E-state index in [0.29, 0.717) is 12.0 Å². The van der Waals surface area contributed by atoms with Gasteiger partial charge in [0, 0.05) is 52.0 Å². The largest absolute Gasteiger partial charge is 0.360 e. The predicted octanol–water partition coefficient (Wildman–Crippen LogP) is 4.24. The van der Waals surface area contributed by atoms with Crippen LogP contribution in [0.25, 0.3) is 22.2 Å². The third kappa shape index (κ3) is 4.50. The lowest BCUT2D eigenvalue weighted by molar-refractivity contribution is 0.170. The summed E-state index contributed by atoms with van der Waals surface area (Å²) >= 11 is 0. The maximum Gasteiger partial charge on any atom is 0.223 e. The summed E-state index contributed by atoms with van der Waals surface area (Å²) in [5.74, 6) is 0.687. The number of nitrogens with one attached hydrogen (secondary N) is 3. The first-order chi connectivity index (χ1) is 14.1. The second kappa shape index (κ2) is 7.67. The zero-order chi connectivity index (χ0) is 21.5. The first kappa shape index (κ1) is 20.8. The number of H-pyrrole nitrogens is 1. The van der Waals surface area contributed by atoms with Crippen LogP contribution >= 0.6 is 0 Å². The van der Waals surface area contributed by atoms with Crippen molar-refractivity contribution in [3.8, 4) is 11.3 Å². The fraction of sp³-hybridized carbons (Fsp3) is 0.500. The summed E-state index contributed by atoms with van der Waals surface area (Å²) in [7, 11) is 0. The quantitative estimate of drug-likeness (QED) is 0.509. The Morgan fingerprint density at radius 1 is 1.17 bits per heavy atom. The Bertz CT molecular complexity index is 1020. The molecule has 0 spiro atoms. The van der Waals surface area contributed by atoms with Gasteiger partial charge in [-0.05, 0) is 65.5 Å². The summed E-state index contributed by atoms with van der Waals surface area (Å²) in [5.41, 5.74) is 10.6. The Morgan fingerprint density at radius 3 is 2.60 bits per heavy atom. The van der Waals surface area contributed by atoms with Crippen molar-refractivity contribution in [3.05, 3.63) is 42.2 Å². The van der Waals surface area contributed by atoms with Gasteiger partial charge in [-0.3, -0.25) is 0 Å². The molecule has 1 aliphatic heterocycles. The van der Waals surface area contributed by atoms with E-state index < -0.39 is 0 Å². The van der Waals surface area contributed by atoms with Crippen LogP contribution in [-0.4, -0.2) is 38.1 Å². The van der Waals surface area contributed by atoms with Crippen molar-refractivity contribution in [3.63, 3.8) is 0 Å². The van der Waals surface area contributed by atoms with Gasteiger partial charge in [0.2, 0.25) is 5.95 Å². The van der Waals surface area contributed by atoms with Gasteiger partial charge in [0.25, 0.3) is 0 Å². The van der Waals surface area contributed by atoms with Gasteiger partial charge in [0.05, 0.1) is 5.69 Å². The van der Waals surface area contributed by atoms with Crippen molar-refractivity contribution in [1.29, 1.82) is 0 Å². The van der Waals surface area contributed by atoms with E-state index in [-0.39, 0.29) is 17.1 Å². The minimum Gasteiger partial charge on any atom is -0.360 e. The molecular weight excluding hydrogens is 372 g/mol. The number of aromatic nitrogens is 3. The number of anilines is 1. The summed E-state index contributed by atoms with van der Waals surface area (Å²) in [4.78, 5) is 12.8. The number of piperidine rings is 1. The Kier molecular flexibility index (Phi) is 5.32. The summed E-state index contributed by atoms with van der Waals surface area (Å²) < 4.78 is 0. The smallest absolute Gasteiger partial charge is 0.223 e. The standard InChI is InChI=1S/C24H34N6/c1-15(25)11-16-7-6-8-18-19(14-27-21(16)18)20-9-10-26-22(29-20)28-17-12-23(2,3)30-24(4,5)13-17/h6-10,14-15,17,27,30H,11-13,25H2,1-5H3,(H,26,28,29). The molecule has 3 aromatic rings. The highest BCUT2D eigenvalue weighted by atomic mass is 15.1. The molecule has 5 N–H and O–H groups in total. The second-order valence-corrected chi connectivity index (χ2v) is 10.1. The molecule has 1 saturated heterocycles. The predicted molar refractivity (Wildman–Crippen MR) is 125 cm³/mol. The van der Waals surface area contributed by atoms with Crippen molar-refractivity contribution >= 4 is 16.9 Å². The molecule has 1 unspecified atom stereocenters. The van der Waals surface area contributed by atoms with Crippen LogP contribution in [0.2, 0.25) is 0 Å². The zero-order valence-electron chi connectivity index (χ0n) is 18.7. The molecule has 1 aliphatic rings. The Labute approximate surface area is 179 Å². The third-order valence-electron chi connectivity index (χ3n) is 5.80. The van der Waals surface area contributed by atoms with Crippen molar-refractivity contribution in [1.82, 2.24) is 20.3 Å². The molecule has 160 valence electrons. The number of fused-ring (bicyclic) bond motifs is 1. The van der Waals surface area contributed by atoms with E-state index >= 15 is 0 Å². The summed E-state index contributed by atoms with van der Waals surface area (Å²) in [6.45, 7) is 11.1. The molecule has 4 rings (SSSR count). The highest BCUT2D eigenvalue weighted by molar-refractivity contribution is 5.96. The highest BCUT2D eigenvalue weighted by Gasteiger charge is 2.37. The summed E-state index contributed by atoms with van der Waals surface area (Å²) in [6, 6.07) is 8.79. The molecule has 2 aromatic heterocycles. The molecule has 1 fully saturated rings. The number of nitrogens with two attached hydrogens (primary N) is 1. The fourth-order valence-electron chi connectivity index (χ4n) is 5.13. The molecule has 1 atom stereocenters. The van der Waals surface area contributed by atoms with Gasteiger partial charge in [-0.1, -0.05) is 18.2 Å². The van der Waals surface area contributed by atoms with Gasteiger partial charge in [-0.15, -0.1) is 0 Å². The molecule has 6 heteroatoms. The number of benzene rings is 1. The van der Waals surface area contributed by atoms with Crippen LogP contribution in [0.4, 0.5) is 5.95 Å². The molecule has 0 amide bonds. The maximum atomic E-state index is 6.03. The van der Waals surface area contributed by atoms with Crippen LogP contribution in [0.3, 0.4) is 0 Å². The van der Waals surface area contributed by atoms with Crippen molar-refractivity contribution in [2.24, 2.45) is 5.73 Å². The SMILES string of the molecule is CC(N)Cc1cccc2c(-c3ccnc(NC4CC(C)(C)NC(C)(C)C4)n3)c[nH]c12. The monoisotopic (exact) mass is 406 g/mol. The third-order valence-corrected chi connectivity index (χ3v) is 5.80. The molecule has 30 heavy (non-hydrogen) atoms. The molecule has 6 nitrogen and oxygen atoms in total. The average molecular weight is 407 g/mol. The first-order valence-corrected chi connectivity index (χ1v) is 10.9. The molecule has 1 aromatic carbocycles. The van der Waals surface area contributed by atoms with E-state index in [1.807, 2.05) is 25.4 Å². The van der Waals surface area contributed by atoms with Crippen molar-refractivity contribution in [2.45, 2.75) is 77.0 Å². The molecule has 0 aliphatic carbocycles. The molecule has 0 radical (unpaired) electrons. The lowest BCUT2D eigenvalue weighted by atomic mass is 9.80. The minimum atomic E-state index is 0.0738. The molecular formula is C24H34N6. The Hall–Kier alpha value is -2.44. The van der Waals surface area contributed by atoms with Gasteiger partial charge in [0.1, 0.15) is 0 Å². The topological polar surface area (TPSA) is 91.7 Å². The van der Waals surface area contributed by atoms with Crippen molar-refractivity contribution < 1.29 is 0 Å². The summed E-state index contributed by atoms with van der Waals surface area (Å²) in [5, 5.41) is 8.49. The van der Waals surface area contributed by atoms with Crippen LogP contribution in [-0.2, 0) is 6.42 Å². The van der Waals surface area contributed by atoms with E-state index in [1.54, 1.807) is 0 Å². The second-order valence-electron chi connectivity index (χ2n) is 10.1. The van der Waals surface area contributed by atoms with Crippen LogP contribution in [0.15, 0.2) is 36.7 Å². The van der Waals surface area contributed by atoms with Crippen LogP contribution in [0.1, 0.15) is 53.0 Å². The Morgan fingerprint density at radius 2 is 1.90 bits per heavy atom. The fourth-order valence-corrected chi connectivity index (χ4v) is 5.13. The van der Waals surface area contributed by atoms with Crippen LogP contribution < -0.4 is 16.4 Å². The maximum absolute atomic E-state index is 6.03.